The summed E-state index contributed by atoms with van der Waals surface area (Å²) < 4.78 is 86.3. The van der Waals surface area contributed by atoms with Crippen LogP contribution in [0.3, 0.4) is 0 Å². The van der Waals surface area contributed by atoms with E-state index in [4.69, 9.17) is 4.74 Å². The van der Waals surface area contributed by atoms with Crippen LogP contribution in [0.2, 0.25) is 0 Å². The minimum absolute atomic E-state index is 0.0455. The Kier molecular flexibility index (Phi) is 7.78. The Balaban J connectivity index is 1.75. The molecule has 0 aromatic heterocycles. The number of alkyl halides is 3. The second-order valence-electron chi connectivity index (χ2n) is 9.39. The second kappa shape index (κ2) is 10.3. The van der Waals surface area contributed by atoms with Crippen molar-refractivity contribution < 1.29 is 40.7 Å². The molecule has 2 heterocycles. The summed E-state index contributed by atoms with van der Waals surface area (Å²) in [6.07, 6.45) is -3.72. The summed E-state index contributed by atoms with van der Waals surface area (Å²) in [5.74, 6) is -4.28. The summed E-state index contributed by atoms with van der Waals surface area (Å²) in [6, 6.07) is -0.0666. The van der Waals surface area contributed by atoms with Crippen molar-refractivity contribution in [2.75, 3.05) is 19.6 Å². The highest BCUT2D eigenvalue weighted by Crippen LogP contribution is 2.33. The molecule has 36 heavy (non-hydrogen) atoms. The molecular formula is C24H25F6N3O3. The highest BCUT2D eigenvalue weighted by molar-refractivity contribution is 5.78. The van der Waals surface area contributed by atoms with Crippen molar-refractivity contribution in [1.29, 1.82) is 0 Å². The topological polar surface area (TPSA) is 61.9 Å². The highest BCUT2D eigenvalue weighted by Gasteiger charge is 2.41. The maximum absolute atomic E-state index is 14.2. The summed E-state index contributed by atoms with van der Waals surface area (Å²) in [7, 11) is 0. The molecule has 2 aliphatic rings. The van der Waals surface area contributed by atoms with Crippen molar-refractivity contribution in [2.24, 2.45) is 0 Å². The van der Waals surface area contributed by atoms with Crippen molar-refractivity contribution in [2.45, 2.75) is 51.4 Å². The number of piperazine rings is 1. The van der Waals surface area contributed by atoms with E-state index in [2.05, 4.69) is 11.0 Å². The van der Waals surface area contributed by atoms with E-state index in [1.54, 1.807) is 20.8 Å². The number of nitrogens with zero attached hydrogens (tertiary/aromatic N) is 2. The zero-order chi connectivity index (χ0) is 26.8. The van der Waals surface area contributed by atoms with Gasteiger partial charge in [0.2, 0.25) is 5.91 Å². The second-order valence-corrected chi connectivity index (χ2v) is 9.39. The van der Waals surface area contributed by atoms with Gasteiger partial charge in [0.1, 0.15) is 11.4 Å². The molecule has 0 spiro atoms. The van der Waals surface area contributed by atoms with Gasteiger partial charge in [0.15, 0.2) is 17.3 Å². The Bertz CT molecular complexity index is 1130. The SMILES string of the molecule is CC(C)(C)OC(=O)N[C@@H](CC(=O)N1CCN2C(C(F)(F)F)=C=CC=C2C1)Cc1cc(F)c(F)cc1F. The maximum Gasteiger partial charge on any atom is 0.439 e. The predicted molar refractivity (Wildman–Crippen MR) is 117 cm³/mol. The minimum atomic E-state index is -4.61. The lowest BCUT2D eigenvalue weighted by Crippen LogP contribution is -2.50. The van der Waals surface area contributed by atoms with Gasteiger partial charge in [0.25, 0.3) is 0 Å². The molecule has 2 amide bonds. The van der Waals surface area contributed by atoms with Gasteiger partial charge in [-0.05, 0) is 51.0 Å². The minimum Gasteiger partial charge on any atom is -0.444 e. The smallest absolute Gasteiger partial charge is 0.439 e. The third kappa shape index (κ3) is 6.84. The molecule has 6 nitrogen and oxygen atoms in total. The number of hydrogen-bond donors (Lipinski definition) is 1. The number of fused-ring (bicyclic) bond motifs is 1. The maximum atomic E-state index is 14.2. The van der Waals surface area contributed by atoms with E-state index < -0.39 is 53.0 Å². The van der Waals surface area contributed by atoms with E-state index in [9.17, 15) is 35.9 Å². The van der Waals surface area contributed by atoms with E-state index in [0.717, 1.165) is 11.0 Å². The van der Waals surface area contributed by atoms with Gasteiger partial charge in [-0.2, -0.15) is 13.2 Å². The van der Waals surface area contributed by atoms with Crippen LogP contribution in [0.25, 0.3) is 0 Å². The molecule has 0 unspecified atom stereocenters. The Morgan fingerprint density at radius 1 is 1.08 bits per heavy atom. The van der Waals surface area contributed by atoms with Crippen molar-refractivity contribution in [1.82, 2.24) is 15.1 Å². The van der Waals surface area contributed by atoms with Crippen LogP contribution in [-0.4, -0.2) is 59.3 Å². The van der Waals surface area contributed by atoms with Crippen LogP contribution < -0.4 is 5.32 Å². The first-order valence-electron chi connectivity index (χ1n) is 11.1. The molecule has 0 saturated carbocycles. The normalized spacial score (nSPS) is 16.7. The third-order valence-corrected chi connectivity index (χ3v) is 5.38. The summed E-state index contributed by atoms with van der Waals surface area (Å²) in [4.78, 5) is 27.7. The Hall–Kier alpha value is -3.40. The fourth-order valence-electron chi connectivity index (χ4n) is 3.84. The summed E-state index contributed by atoms with van der Waals surface area (Å²) >= 11 is 0. The number of halogens is 6. The van der Waals surface area contributed by atoms with Crippen LogP contribution in [-0.2, 0) is 16.0 Å². The molecule has 1 N–H and O–H groups in total. The van der Waals surface area contributed by atoms with Gasteiger partial charge in [-0.25, -0.2) is 18.0 Å². The first-order chi connectivity index (χ1) is 16.6. The molecule has 0 bridgehead atoms. The van der Waals surface area contributed by atoms with Crippen LogP contribution in [0.4, 0.5) is 31.1 Å². The van der Waals surface area contributed by atoms with Gasteiger partial charge in [0, 0.05) is 37.3 Å². The van der Waals surface area contributed by atoms with Crippen molar-refractivity contribution in [3.05, 3.63) is 64.4 Å². The molecule has 0 radical (unpaired) electrons. The van der Waals surface area contributed by atoms with Gasteiger partial charge in [-0.15, -0.1) is 0 Å². The highest BCUT2D eigenvalue weighted by atomic mass is 19.4. The number of nitrogens with one attached hydrogen (secondary N) is 1. The number of carbonyl (C=O) groups excluding carboxylic acids is 2. The van der Waals surface area contributed by atoms with Gasteiger partial charge >= 0.3 is 12.3 Å². The van der Waals surface area contributed by atoms with Crippen LogP contribution in [0, 0.1) is 17.5 Å². The average Bonchev–Trinajstić information content (AvgIpc) is 2.74. The van der Waals surface area contributed by atoms with E-state index in [0.29, 0.717) is 12.1 Å². The number of allylic oxidation sites excluding steroid dienone is 2. The van der Waals surface area contributed by atoms with Crippen LogP contribution in [0.1, 0.15) is 32.8 Å². The van der Waals surface area contributed by atoms with Gasteiger partial charge < -0.3 is 19.9 Å². The zero-order valence-corrected chi connectivity index (χ0v) is 19.8. The van der Waals surface area contributed by atoms with Crippen molar-refractivity contribution >= 4 is 12.0 Å². The largest absolute Gasteiger partial charge is 0.444 e. The number of carbonyl (C=O) groups is 2. The third-order valence-electron chi connectivity index (χ3n) is 5.38. The average molecular weight is 517 g/mol. The molecule has 1 aromatic carbocycles. The number of benzene rings is 1. The fourth-order valence-corrected chi connectivity index (χ4v) is 3.84. The number of amides is 2. The molecular weight excluding hydrogens is 492 g/mol. The molecule has 196 valence electrons. The molecule has 1 saturated heterocycles. The van der Waals surface area contributed by atoms with Crippen molar-refractivity contribution in [3.63, 3.8) is 0 Å². The molecule has 12 heteroatoms. The quantitative estimate of drug-likeness (QED) is 0.353. The zero-order valence-electron chi connectivity index (χ0n) is 19.8. The Morgan fingerprint density at radius 2 is 1.75 bits per heavy atom. The molecule has 3 rings (SSSR count). The Labute approximate surface area is 203 Å². The first-order valence-corrected chi connectivity index (χ1v) is 11.1. The van der Waals surface area contributed by atoms with Crippen LogP contribution >= 0.6 is 0 Å². The molecule has 1 fully saturated rings. The van der Waals surface area contributed by atoms with E-state index in [1.807, 2.05) is 0 Å². The summed E-state index contributed by atoms with van der Waals surface area (Å²) in [5.41, 5.74) is 0.308. The lowest BCUT2D eigenvalue weighted by Gasteiger charge is -2.40. The van der Waals surface area contributed by atoms with Crippen LogP contribution in [0.15, 0.2) is 41.4 Å². The fraction of sp³-hybridized carbons (Fsp3) is 0.458. The van der Waals surface area contributed by atoms with E-state index >= 15 is 0 Å². The monoisotopic (exact) mass is 517 g/mol. The molecule has 1 aromatic rings. The van der Waals surface area contributed by atoms with Crippen molar-refractivity contribution in [3.8, 4) is 0 Å². The number of ether oxygens (including phenoxy) is 1. The lowest BCUT2D eigenvalue weighted by atomic mass is 10.0. The van der Waals surface area contributed by atoms with E-state index in [-0.39, 0.29) is 43.7 Å². The summed E-state index contributed by atoms with van der Waals surface area (Å²) in [6.45, 7) is 4.52. The predicted octanol–water partition coefficient (Wildman–Crippen LogP) is 4.57. The standard InChI is InChI=1S/C24H25F6N3O3/c1-23(2,3)36-22(35)31-15(9-14-10-18(26)19(27)12-17(14)25)11-21(34)32-7-8-33-16(13-32)5-4-6-20(33)24(28,29)30/h4-5,10,12,15H,7-9,11,13H2,1-3H3,(H,31,35)/t15-/m1/s1. The van der Waals surface area contributed by atoms with Gasteiger partial charge in [0.05, 0.1) is 6.54 Å². The van der Waals surface area contributed by atoms with Gasteiger partial charge in [-0.1, -0.05) is 5.73 Å². The molecule has 1 atom stereocenters. The summed E-state index contributed by atoms with van der Waals surface area (Å²) in [5, 5.41) is 2.45. The number of rotatable bonds is 5. The molecule has 0 aliphatic carbocycles. The molecule has 2 aliphatic heterocycles. The Morgan fingerprint density at radius 3 is 2.39 bits per heavy atom. The van der Waals surface area contributed by atoms with E-state index in [1.165, 1.54) is 11.0 Å². The lowest BCUT2D eigenvalue weighted by molar-refractivity contribution is -0.133. The van der Waals surface area contributed by atoms with Gasteiger partial charge in [-0.3, -0.25) is 4.79 Å². The number of alkyl carbamates (subject to hydrolysis) is 1. The van der Waals surface area contributed by atoms with Crippen LogP contribution in [0.5, 0.6) is 0 Å². The number of hydrogen-bond acceptors (Lipinski definition) is 4. The first kappa shape index (κ1) is 27.2.